The molecule has 19 heavy (non-hydrogen) atoms. The van der Waals surface area contributed by atoms with E-state index in [4.69, 9.17) is 5.11 Å². The fourth-order valence-electron chi connectivity index (χ4n) is 1.94. The van der Waals surface area contributed by atoms with E-state index < -0.39 is 11.6 Å². The van der Waals surface area contributed by atoms with Gasteiger partial charge in [-0.25, -0.2) is 8.78 Å². The molecule has 0 spiro atoms. The Morgan fingerprint density at radius 1 is 1.37 bits per heavy atom. The maximum Gasteiger partial charge on any atom is 0.152 e. The first kappa shape index (κ1) is 13.7. The second-order valence-corrected chi connectivity index (χ2v) is 4.64. The quantitative estimate of drug-likeness (QED) is 0.874. The Labute approximate surface area is 110 Å². The highest BCUT2D eigenvalue weighted by molar-refractivity contribution is 5.91. The summed E-state index contributed by atoms with van der Waals surface area (Å²) >= 11 is 0. The summed E-state index contributed by atoms with van der Waals surface area (Å²) in [6, 6.07) is 3.78. The number of halogens is 2. The summed E-state index contributed by atoms with van der Waals surface area (Å²) < 4.78 is 26.9. The number of pyridine rings is 1. The van der Waals surface area contributed by atoms with E-state index in [1.54, 1.807) is 6.07 Å². The smallest absolute Gasteiger partial charge is 0.152 e. The first-order chi connectivity index (χ1) is 9.11. The van der Waals surface area contributed by atoms with Crippen LogP contribution >= 0.6 is 0 Å². The summed E-state index contributed by atoms with van der Waals surface area (Å²) in [6.45, 7) is 2.74. The molecule has 0 bridgehead atoms. The highest BCUT2D eigenvalue weighted by Gasteiger charge is 2.09. The molecule has 0 saturated carbocycles. The van der Waals surface area contributed by atoms with Crippen molar-refractivity contribution in [2.45, 2.75) is 13.3 Å². The van der Waals surface area contributed by atoms with Gasteiger partial charge in [-0.1, -0.05) is 6.92 Å². The van der Waals surface area contributed by atoms with Crippen LogP contribution in [0.2, 0.25) is 0 Å². The molecule has 102 valence electrons. The van der Waals surface area contributed by atoms with Crippen molar-refractivity contribution < 1.29 is 13.9 Å². The number of aliphatic hydroxyl groups excluding tert-OH is 1. The molecule has 2 rings (SSSR count). The first-order valence-corrected chi connectivity index (χ1v) is 6.20. The minimum Gasteiger partial charge on any atom is -0.396 e. The number of hydrogen-bond donors (Lipinski definition) is 2. The number of aromatic nitrogens is 1. The third-order valence-electron chi connectivity index (χ3n) is 3.03. The normalized spacial score (nSPS) is 12.6. The SMILES string of the molecule is C[C@H](CCO)CNc1ccnc2c(F)cc(F)cc12. The molecule has 1 aromatic heterocycles. The number of anilines is 1. The second kappa shape index (κ2) is 5.93. The number of nitrogens with one attached hydrogen (secondary N) is 1. The van der Waals surface area contributed by atoms with Crippen molar-refractivity contribution in [1.29, 1.82) is 0 Å². The topological polar surface area (TPSA) is 45.1 Å². The number of aliphatic hydroxyl groups is 1. The summed E-state index contributed by atoms with van der Waals surface area (Å²) in [6.07, 6.45) is 2.17. The van der Waals surface area contributed by atoms with Crippen molar-refractivity contribution in [2.24, 2.45) is 5.92 Å². The van der Waals surface area contributed by atoms with Gasteiger partial charge in [-0.15, -0.1) is 0 Å². The van der Waals surface area contributed by atoms with Gasteiger partial charge in [0, 0.05) is 36.5 Å². The summed E-state index contributed by atoms with van der Waals surface area (Å²) in [5.74, 6) is -1.02. The second-order valence-electron chi connectivity index (χ2n) is 4.64. The third kappa shape index (κ3) is 3.17. The Morgan fingerprint density at radius 2 is 2.16 bits per heavy atom. The minimum atomic E-state index is -0.665. The van der Waals surface area contributed by atoms with Gasteiger partial charge in [-0.2, -0.15) is 0 Å². The summed E-state index contributed by atoms with van der Waals surface area (Å²) in [5, 5.41) is 12.4. The van der Waals surface area contributed by atoms with Crippen molar-refractivity contribution >= 4 is 16.6 Å². The lowest BCUT2D eigenvalue weighted by Gasteiger charge is -2.14. The molecule has 0 aliphatic heterocycles. The van der Waals surface area contributed by atoms with Gasteiger partial charge in [0.15, 0.2) is 5.82 Å². The van der Waals surface area contributed by atoms with Crippen LogP contribution < -0.4 is 5.32 Å². The Kier molecular flexibility index (Phi) is 4.27. The lowest BCUT2D eigenvalue weighted by Crippen LogP contribution is -2.13. The van der Waals surface area contributed by atoms with Crippen LogP contribution in [0.1, 0.15) is 13.3 Å². The van der Waals surface area contributed by atoms with Crippen LogP contribution in [0, 0.1) is 17.6 Å². The van der Waals surface area contributed by atoms with E-state index in [2.05, 4.69) is 10.3 Å². The van der Waals surface area contributed by atoms with Crippen LogP contribution in [0.4, 0.5) is 14.5 Å². The molecule has 1 atom stereocenters. The zero-order chi connectivity index (χ0) is 13.8. The fraction of sp³-hybridized carbons (Fsp3) is 0.357. The van der Waals surface area contributed by atoms with Crippen molar-refractivity contribution in [1.82, 2.24) is 4.98 Å². The maximum absolute atomic E-state index is 13.6. The molecule has 2 aromatic rings. The summed E-state index contributed by atoms with van der Waals surface area (Å²) in [7, 11) is 0. The fourth-order valence-corrected chi connectivity index (χ4v) is 1.94. The molecule has 0 radical (unpaired) electrons. The van der Waals surface area contributed by atoms with Crippen LogP contribution in [-0.4, -0.2) is 23.2 Å². The summed E-state index contributed by atoms with van der Waals surface area (Å²) in [4.78, 5) is 3.92. The van der Waals surface area contributed by atoms with Gasteiger partial charge in [0.25, 0.3) is 0 Å². The Bertz CT molecular complexity index is 575. The number of rotatable bonds is 5. The molecule has 0 aliphatic carbocycles. The Balaban J connectivity index is 2.28. The number of hydrogen-bond acceptors (Lipinski definition) is 3. The maximum atomic E-state index is 13.6. The Hall–Kier alpha value is -1.75. The summed E-state index contributed by atoms with van der Waals surface area (Å²) in [5.41, 5.74) is 0.800. The standard InChI is InChI=1S/C14H16F2N2O/c1-9(3-5-19)8-18-13-2-4-17-14-11(13)6-10(15)7-12(14)16/h2,4,6-7,9,19H,3,5,8H2,1H3,(H,17,18)/t9-/m1/s1. The lowest BCUT2D eigenvalue weighted by atomic mass is 10.1. The minimum absolute atomic E-state index is 0.128. The van der Waals surface area contributed by atoms with Gasteiger partial charge in [0.2, 0.25) is 0 Å². The highest BCUT2D eigenvalue weighted by Crippen LogP contribution is 2.25. The van der Waals surface area contributed by atoms with E-state index >= 15 is 0 Å². The predicted molar refractivity (Wildman–Crippen MR) is 71.0 cm³/mol. The predicted octanol–water partition coefficient (Wildman–Crippen LogP) is 2.94. The average Bonchev–Trinajstić information content (AvgIpc) is 2.36. The van der Waals surface area contributed by atoms with Crippen molar-refractivity contribution in [2.75, 3.05) is 18.5 Å². The number of benzene rings is 1. The van der Waals surface area contributed by atoms with Crippen LogP contribution in [0.5, 0.6) is 0 Å². The van der Waals surface area contributed by atoms with Crippen LogP contribution in [0.25, 0.3) is 10.9 Å². The van der Waals surface area contributed by atoms with Gasteiger partial charge >= 0.3 is 0 Å². The van der Waals surface area contributed by atoms with E-state index in [0.29, 0.717) is 24.0 Å². The zero-order valence-electron chi connectivity index (χ0n) is 10.7. The molecular formula is C14H16F2N2O. The number of nitrogens with zero attached hydrogens (tertiary/aromatic N) is 1. The van der Waals surface area contributed by atoms with Crippen LogP contribution in [0.3, 0.4) is 0 Å². The number of fused-ring (bicyclic) bond motifs is 1. The van der Waals surface area contributed by atoms with Crippen LogP contribution in [0.15, 0.2) is 24.4 Å². The third-order valence-corrected chi connectivity index (χ3v) is 3.03. The average molecular weight is 266 g/mol. The molecular weight excluding hydrogens is 250 g/mol. The largest absolute Gasteiger partial charge is 0.396 e. The van der Waals surface area contributed by atoms with Crippen LogP contribution in [-0.2, 0) is 0 Å². The van der Waals surface area contributed by atoms with Gasteiger partial charge < -0.3 is 10.4 Å². The molecule has 0 aliphatic rings. The molecule has 0 amide bonds. The highest BCUT2D eigenvalue weighted by atomic mass is 19.1. The molecule has 0 fully saturated rings. The molecule has 0 saturated heterocycles. The zero-order valence-corrected chi connectivity index (χ0v) is 10.7. The van der Waals surface area contributed by atoms with E-state index in [1.807, 2.05) is 6.92 Å². The Morgan fingerprint density at radius 3 is 2.89 bits per heavy atom. The van der Waals surface area contributed by atoms with Gasteiger partial charge in [0.1, 0.15) is 11.3 Å². The molecule has 2 N–H and O–H groups in total. The van der Waals surface area contributed by atoms with E-state index in [0.717, 1.165) is 6.07 Å². The molecule has 3 nitrogen and oxygen atoms in total. The van der Waals surface area contributed by atoms with Gasteiger partial charge in [-0.05, 0) is 24.5 Å². The van der Waals surface area contributed by atoms with Gasteiger partial charge in [0.05, 0.1) is 0 Å². The monoisotopic (exact) mass is 266 g/mol. The van der Waals surface area contributed by atoms with Crippen molar-refractivity contribution in [3.63, 3.8) is 0 Å². The molecule has 5 heteroatoms. The van der Waals surface area contributed by atoms with E-state index in [9.17, 15) is 8.78 Å². The van der Waals surface area contributed by atoms with E-state index in [-0.39, 0.29) is 18.0 Å². The molecule has 1 heterocycles. The molecule has 1 aromatic carbocycles. The lowest BCUT2D eigenvalue weighted by molar-refractivity contribution is 0.266. The van der Waals surface area contributed by atoms with Crippen molar-refractivity contribution in [3.8, 4) is 0 Å². The van der Waals surface area contributed by atoms with Crippen molar-refractivity contribution in [3.05, 3.63) is 36.0 Å². The molecule has 0 unspecified atom stereocenters. The first-order valence-electron chi connectivity index (χ1n) is 6.20. The van der Waals surface area contributed by atoms with E-state index in [1.165, 1.54) is 12.3 Å². The van der Waals surface area contributed by atoms with Gasteiger partial charge in [-0.3, -0.25) is 4.98 Å².